The average molecular weight is 229 g/mol. The van der Waals surface area contributed by atoms with E-state index >= 15 is 0 Å². The van der Waals surface area contributed by atoms with Gasteiger partial charge in [-0.3, -0.25) is 9.78 Å². The summed E-state index contributed by atoms with van der Waals surface area (Å²) in [6, 6.07) is 10.7. The number of aromatic nitrogens is 2. The summed E-state index contributed by atoms with van der Waals surface area (Å²) in [5.74, 6) is -0.0604. The van der Waals surface area contributed by atoms with Crippen molar-refractivity contribution in [2.24, 2.45) is 16.5 Å². The lowest BCUT2D eigenvalue weighted by Crippen LogP contribution is -2.22. The molecule has 17 heavy (non-hydrogen) atoms. The minimum Gasteiger partial charge on any atom is -0.370 e. The molecule has 1 aromatic heterocycles. The molecule has 0 amide bonds. The van der Waals surface area contributed by atoms with E-state index in [2.05, 4.69) is 15.0 Å². The molecule has 2 aromatic rings. The smallest absolute Gasteiger partial charge is 0.252 e. The Hall–Kier alpha value is -2.63. The predicted molar refractivity (Wildman–Crippen MR) is 65.8 cm³/mol. The zero-order chi connectivity index (χ0) is 12.3. The van der Waals surface area contributed by atoms with Crippen molar-refractivity contribution in [1.29, 1.82) is 0 Å². The number of rotatable bonds is 2. The standard InChI is InChI=1S/C11H11N5O/c12-10(13)16-11-14-8(6-9(17)15-11)7-4-2-1-3-5-7/h1-6H,(H5,12,13,14,15,16,17). The molecule has 0 saturated carbocycles. The minimum atomic E-state index is -0.307. The van der Waals surface area contributed by atoms with Crippen molar-refractivity contribution in [2.45, 2.75) is 0 Å². The largest absolute Gasteiger partial charge is 0.370 e. The monoisotopic (exact) mass is 229 g/mol. The molecule has 0 unspecified atom stereocenters. The van der Waals surface area contributed by atoms with Crippen LogP contribution in [0.15, 0.2) is 46.2 Å². The van der Waals surface area contributed by atoms with E-state index in [1.807, 2.05) is 30.3 Å². The first kappa shape index (κ1) is 10.9. The minimum absolute atomic E-state index is 0.0938. The average Bonchev–Trinajstić information content (AvgIpc) is 2.28. The molecule has 1 aromatic carbocycles. The van der Waals surface area contributed by atoms with Crippen molar-refractivity contribution in [3.05, 3.63) is 46.8 Å². The molecule has 2 rings (SSSR count). The van der Waals surface area contributed by atoms with Gasteiger partial charge in [0.15, 0.2) is 5.96 Å². The van der Waals surface area contributed by atoms with Crippen LogP contribution >= 0.6 is 0 Å². The third-order valence-corrected chi connectivity index (χ3v) is 2.03. The van der Waals surface area contributed by atoms with E-state index in [-0.39, 0.29) is 17.5 Å². The van der Waals surface area contributed by atoms with E-state index in [1.165, 1.54) is 6.07 Å². The topological polar surface area (TPSA) is 110 Å². The summed E-state index contributed by atoms with van der Waals surface area (Å²) >= 11 is 0. The van der Waals surface area contributed by atoms with Crippen LogP contribution in [0.25, 0.3) is 11.3 Å². The second-order valence-corrected chi connectivity index (χ2v) is 3.36. The summed E-state index contributed by atoms with van der Waals surface area (Å²) in [4.78, 5) is 21.7. The van der Waals surface area contributed by atoms with Gasteiger partial charge in [-0.25, -0.2) is 4.98 Å². The summed E-state index contributed by atoms with van der Waals surface area (Å²) in [6.45, 7) is 0. The van der Waals surface area contributed by atoms with Gasteiger partial charge < -0.3 is 11.5 Å². The van der Waals surface area contributed by atoms with Gasteiger partial charge in [0.1, 0.15) is 0 Å². The molecule has 0 atom stereocenters. The van der Waals surface area contributed by atoms with Crippen molar-refractivity contribution in [2.75, 3.05) is 0 Å². The number of hydrogen-bond acceptors (Lipinski definition) is 3. The fraction of sp³-hybridized carbons (Fsp3) is 0. The second-order valence-electron chi connectivity index (χ2n) is 3.36. The fourth-order valence-electron chi connectivity index (χ4n) is 1.38. The SMILES string of the molecule is NC(N)=Nc1nc(-c2ccccc2)cc(=O)[nH]1. The molecule has 0 fully saturated rings. The molecule has 6 heteroatoms. The normalized spacial score (nSPS) is 9.88. The van der Waals surface area contributed by atoms with Gasteiger partial charge in [-0.1, -0.05) is 30.3 Å². The maximum atomic E-state index is 11.4. The van der Waals surface area contributed by atoms with Crippen molar-refractivity contribution in [3.63, 3.8) is 0 Å². The van der Waals surface area contributed by atoms with E-state index in [4.69, 9.17) is 11.5 Å². The molecule has 0 bridgehead atoms. The molecule has 1 heterocycles. The lowest BCUT2D eigenvalue weighted by molar-refractivity contribution is 1.09. The van der Waals surface area contributed by atoms with Crippen LogP contribution in [0.2, 0.25) is 0 Å². The molecule has 0 aliphatic rings. The number of guanidine groups is 1. The third-order valence-electron chi connectivity index (χ3n) is 2.03. The maximum absolute atomic E-state index is 11.4. The second kappa shape index (κ2) is 4.48. The number of nitrogens with one attached hydrogen (secondary N) is 1. The first-order valence-corrected chi connectivity index (χ1v) is 4.91. The number of nitrogens with zero attached hydrogens (tertiary/aromatic N) is 2. The number of hydrogen-bond donors (Lipinski definition) is 3. The van der Waals surface area contributed by atoms with Crippen molar-refractivity contribution < 1.29 is 0 Å². The first-order valence-electron chi connectivity index (χ1n) is 4.91. The van der Waals surface area contributed by atoms with Gasteiger partial charge in [0.2, 0.25) is 5.95 Å². The van der Waals surface area contributed by atoms with E-state index in [0.717, 1.165) is 5.56 Å². The summed E-state index contributed by atoms with van der Waals surface area (Å²) < 4.78 is 0. The molecule has 0 aliphatic heterocycles. The van der Waals surface area contributed by atoms with Gasteiger partial charge in [0.25, 0.3) is 5.56 Å². The van der Waals surface area contributed by atoms with Crippen LogP contribution in [0.1, 0.15) is 0 Å². The Morgan fingerprint density at radius 2 is 1.94 bits per heavy atom. The lowest BCUT2D eigenvalue weighted by atomic mass is 10.1. The number of aliphatic imine (C=N–C) groups is 1. The zero-order valence-corrected chi connectivity index (χ0v) is 8.92. The number of H-pyrrole nitrogens is 1. The summed E-state index contributed by atoms with van der Waals surface area (Å²) in [6.07, 6.45) is 0. The summed E-state index contributed by atoms with van der Waals surface area (Å²) in [5.41, 5.74) is 11.5. The Kier molecular flexibility index (Phi) is 2.87. The van der Waals surface area contributed by atoms with Gasteiger partial charge >= 0.3 is 0 Å². The molecule has 0 aliphatic carbocycles. The highest BCUT2D eigenvalue weighted by atomic mass is 16.1. The van der Waals surface area contributed by atoms with E-state index < -0.39 is 0 Å². The summed E-state index contributed by atoms with van der Waals surface area (Å²) in [7, 11) is 0. The van der Waals surface area contributed by atoms with Crippen molar-refractivity contribution in [1.82, 2.24) is 9.97 Å². The van der Waals surface area contributed by atoms with Gasteiger partial charge in [-0.2, -0.15) is 4.99 Å². The number of nitrogens with two attached hydrogens (primary N) is 2. The highest BCUT2D eigenvalue weighted by Gasteiger charge is 2.02. The Morgan fingerprint density at radius 3 is 2.59 bits per heavy atom. The number of benzene rings is 1. The maximum Gasteiger partial charge on any atom is 0.252 e. The van der Waals surface area contributed by atoms with E-state index in [0.29, 0.717) is 5.69 Å². The van der Waals surface area contributed by atoms with Gasteiger partial charge in [0.05, 0.1) is 5.69 Å². The molecule has 6 nitrogen and oxygen atoms in total. The Labute approximate surface area is 97.0 Å². The molecule has 0 radical (unpaired) electrons. The highest BCUT2D eigenvalue weighted by molar-refractivity contribution is 5.78. The molecular formula is C11H11N5O. The number of aromatic amines is 1. The zero-order valence-electron chi connectivity index (χ0n) is 8.92. The van der Waals surface area contributed by atoms with Crippen LogP contribution in [-0.2, 0) is 0 Å². The highest BCUT2D eigenvalue weighted by Crippen LogP contribution is 2.15. The summed E-state index contributed by atoms with van der Waals surface area (Å²) in [5, 5.41) is 0. The van der Waals surface area contributed by atoms with Crippen LogP contribution in [0.4, 0.5) is 5.95 Å². The van der Waals surface area contributed by atoms with Crippen LogP contribution < -0.4 is 17.0 Å². The van der Waals surface area contributed by atoms with Gasteiger partial charge in [-0.15, -0.1) is 0 Å². The fourth-order valence-corrected chi connectivity index (χ4v) is 1.38. The van der Waals surface area contributed by atoms with E-state index in [9.17, 15) is 4.79 Å². The quantitative estimate of drug-likeness (QED) is 0.509. The first-order chi connectivity index (χ1) is 8.15. The Morgan fingerprint density at radius 1 is 1.24 bits per heavy atom. The van der Waals surface area contributed by atoms with Crippen LogP contribution in [0, 0.1) is 0 Å². The van der Waals surface area contributed by atoms with Crippen LogP contribution in [-0.4, -0.2) is 15.9 Å². The van der Waals surface area contributed by atoms with E-state index in [1.54, 1.807) is 0 Å². The molecule has 5 N–H and O–H groups in total. The van der Waals surface area contributed by atoms with Crippen LogP contribution in [0.5, 0.6) is 0 Å². The van der Waals surface area contributed by atoms with Gasteiger partial charge in [0, 0.05) is 11.6 Å². The Balaban J connectivity index is 2.53. The van der Waals surface area contributed by atoms with Crippen molar-refractivity contribution >= 4 is 11.9 Å². The van der Waals surface area contributed by atoms with Crippen LogP contribution in [0.3, 0.4) is 0 Å². The van der Waals surface area contributed by atoms with Gasteiger partial charge in [-0.05, 0) is 0 Å². The van der Waals surface area contributed by atoms with Crippen molar-refractivity contribution in [3.8, 4) is 11.3 Å². The molecule has 0 saturated heterocycles. The molecule has 86 valence electrons. The lowest BCUT2D eigenvalue weighted by Gasteiger charge is -2.01. The third kappa shape index (κ3) is 2.69. The molecular weight excluding hydrogens is 218 g/mol. The predicted octanol–water partition coefficient (Wildman–Crippen LogP) is 0.342. The Bertz CT molecular complexity index is 599. The molecule has 0 spiro atoms.